The standard InChI is InChI=1S/C48H54N2O2/c1-6-10-12-35(8-3)32-51-43-23-16-38(17-24-43)40-18-25-46-44(29-40)45-30-41(19-26-47(45)50(46)42-21-14-37(31-49)15-22-42)39-20-27-48(34(5)28-39)52-33-36(9-4)13-11-7-2/h14-30,35-36H,6-13,32-33H2,1-5H3. The zero-order valence-electron chi connectivity index (χ0n) is 31.8. The van der Waals surface area contributed by atoms with E-state index in [-0.39, 0.29) is 0 Å². The SMILES string of the molecule is CCCCC(CC)COc1ccc(-c2ccc3c(c2)c2cc(-c4ccc(OCC(CC)CCCC)c(C)c4)ccc2n3-c2ccc(C#N)cc2)cc1. The molecule has 52 heavy (non-hydrogen) atoms. The number of hydrogen-bond donors (Lipinski definition) is 0. The van der Waals surface area contributed by atoms with Crippen LogP contribution in [0.3, 0.4) is 0 Å². The first kappa shape index (κ1) is 36.8. The lowest BCUT2D eigenvalue weighted by Gasteiger charge is -2.17. The second-order valence-corrected chi connectivity index (χ2v) is 14.4. The van der Waals surface area contributed by atoms with Crippen molar-refractivity contribution in [3.8, 4) is 45.5 Å². The number of unbranched alkanes of at least 4 members (excludes halogenated alkanes) is 2. The summed E-state index contributed by atoms with van der Waals surface area (Å²) in [5, 5.41) is 11.8. The Bertz CT molecular complexity index is 2120. The van der Waals surface area contributed by atoms with E-state index in [2.05, 4.69) is 124 Å². The van der Waals surface area contributed by atoms with Crippen LogP contribution in [0.4, 0.5) is 0 Å². The molecule has 0 radical (unpaired) electrons. The third kappa shape index (κ3) is 8.37. The zero-order valence-corrected chi connectivity index (χ0v) is 31.8. The highest BCUT2D eigenvalue weighted by atomic mass is 16.5. The molecule has 4 heteroatoms. The van der Waals surface area contributed by atoms with Crippen molar-refractivity contribution >= 4 is 21.8 Å². The van der Waals surface area contributed by atoms with Gasteiger partial charge in [-0.25, -0.2) is 0 Å². The number of fused-ring (bicyclic) bond motifs is 3. The van der Waals surface area contributed by atoms with Crippen molar-refractivity contribution in [1.29, 1.82) is 5.26 Å². The van der Waals surface area contributed by atoms with Gasteiger partial charge in [0, 0.05) is 16.5 Å². The van der Waals surface area contributed by atoms with E-state index >= 15 is 0 Å². The Morgan fingerprint density at radius 2 is 1.12 bits per heavy atom. The molecule has 0 bridgehead atoms. The number of benzene rings is 5. The van der Waals surface area contributed by atoms with Crippen LogP contribution in [0.5, 0.6) is 11.5 Å². The summed E-state index contributed by atoms with van der Waals surface area (Å²) in [6.45, 7) is 12.7. The lowest BCUT2D eigenvalue weighted by molar-refractivity contribution is 0.232. The van der Waals surface area contributed by atoms with Crippen LogP contribution in [0.2, 0.25) is 0 Å². The van der Waals surface area contributed by atoms with Crippen LogP contribution >= 0.6 is 0 Å². The number of nitrogens with zero attached hydrogens (tertiary/aromatic N) is 2. The fourth-order valence-corrected chi connectivity index (χ4v) is 7.30. The van der Waals surface area contributed by atoms with Gasteiger partial charge in [-0.2, -0.15) is 5.26 Å². The van der Waals surface area contributed by atoms with E-state index in [9.17, 15) is 5.26 Å². The summed E-state index contributed by atoms with van der Waals surface area (Å²) in [7, 11) is 0. The summed E-state index contributed by atoms with van der Waals surface area (Å²) in [6, 6.07) is 38.8. The highest BCUT2D eigenvalue weighted by Crippen LogP contribution is 2.38. The van der Waals surface area contributed by atoms with Crippen LogP contribution in [-0.2, 0) is 0 Å². The molecule has 2 atom stereocenters. The number of ether oxygens (including phenoxy) is 2. The van der Waals surface area contributed by atoms with Crippen LogP contribution in [0, 0.1) is 30.1 Å². The first-order chi connectivity index (χ1) is 25.5. The van der Waals surface area contributed by atoms with Gasteiger partial charge in [0.25, 0.3) is 0 Å². The highest BCUT2D eigenvalue weighted by molar-refractivity contribution is 6.11. The molecule has 6 aromatic rings. The molecule has 0 saturated carbocycles. The fourth-order valence-electron chi connectivity index (χ4n) is 7.30. The molecular weight excluding hydrogens is 637 g/mol. The molecule has 0 spiro atoms. The van der Waals surface area contributed by atoms with Gasteiger partial charge in [0.15, 0.2) is 0 Å². The molecule has 4 nitrogen and oxygen atoms in total. The smallest absolute Gasteiger partial charge is 0.122 e. The third-order valence-electron chi connectivity index (χ3n) is 10.8. The molecule has 0 fully saturated rings. The van der Waals surface area contributed by atoms with Crippen molar-refractivity contribution in [2.24, 2.45) is 11.8 Å². The van der Waals surface area contributed by atoms with Crippen LogP contribution in [0.1, 0.15) is 90.2 Å². The van der Waals surface area contributed by atoms with Crippen molar-refractivity contribution in [1.82, 2.24) is 4.57 Å². The lowest BCUT2D eigenvalue weighted by Crippen LogP contribution is -2.11. The summed E-state index contributed by atoms with van der Waals surface area (Å²) in [4.78, 5) is 0. The molecule has 0 aliphatic carbocycles. The maximum absolute atomic E-state index is 9.45. The van der Waals surface area contributed by atoms with E-state index in [1.54, 1.807) is 0 Å². The Morgan fingerprint density at radius 1 is 0.596 bits per heavy atom. The van der Waals surface area contributed by atoms with E-state index in [0.29, 0.717) is 17.4 Å². The third-order valence-corrected chi connectivity index (χ3v) is 10.8. The second-order valence-electron chi connectivity index (χ2n) is 14.4. The topological polar surface area (TPSA) is 47.2 Å². The Morgan fingerprint density at radius 3 is 1.65 bits per heavy atom. The zero-order chi connectivity index (χ0) is 36.5. The normalized spacial score (nSPS) is 12.5. The summed E-state index contributed by atoms with van der Waals surface area (Å²) in [5.74, 6) is 3.10. The fraction of sp³-hybridized carbons (Fsp3) is 0.354. The van der Waals surface area contributed by atoms with Crippen LogP contribution < -0.4 is 9.47 Å². The summed E-state index contributed by atoms with van der Waals surface area (Å²) < 4.78 is 14.9. The number of rotatable bonds is 17. The minimum Gasteiger partial charge on any atom is -0.493 e. The largest absolute Gasteiger partial charge is 0.493 e. The Labute approximate surface area is 311 Å². The average molecular weight is 691 g/mol. The quantitative estimate of drug-likeness (QED) is 0.0957. The Balaban J connectivity index is 1.34. The Hall–Kier alpha value is -5.01. The Kier molecular flexibility index (Phi) is 12.4. The molecule has 5 aromatic carbocycles. The van der Waals surface area contributed by atoms with Crippen LogP contribution in [-0.4, -0.2) is 17.8 Å². The van der Waals surface area contributed by atoms with Gasteiger partial charge in [0.2, 0.25) is 0 Å². The van der Waals surface area contributed by atoms with Gasteiger partial charge >= 0.3 is 0 Å². The van der Waals surface area contributed by atoms with Gasteiger partial charge in [-0.3, -0.25) is 0 Å². The monoisotopic (exact) mass is 690 g/mol. The molecular formula is C48H54N2O2. The molecule has 0 aliphatic heterocycles. The predicted molar refractivity (Wildman–Crippen MR) is 219 cm³/mol. The molecule has 1 aromatic heterocycles. The number of aryl methyl sites for hydroxylation is 1. The molecule has 0 saturated heterocycles. The van der Waals surface area contributed by atoms with Crippen LogP contribution in [0.25, 0.3) is 49.7 Å². The van der Waals surface area contributed by atoms with Crippen molar-refractivity contribution in [3.63, 3.8) is 0 Å². The maximum Gasteiger partial charge on any atom is 0.122 e. The van der Waals surface area contributed by atoms with Crippen molar-refractivity contribution in [3.05, 3.63) is 114 Å². The summed E-state index contributed by atoms with van der Waals surface area (Å²) >= 11 is 0. The van der Waals surface area contributed by atoms with Gasteiger partial charge in [-0.05, 0) is 132 Å². The van der Waals surface area contributed by atoms with Gasteiger partial charge in [0.05, 0.1) is 35.9 Å². The molecule has 0 aliphatic rings. The first-order valence-corrected chi connectivity index (χ1v) is 19.5. The minimum absolute atomic E-state index is 0.597. The lowest BCUT2D eigenvalue weighted by atomic mass is 9.99. The maximum atomic E-state index is 9.45. The molecule has 6 rings (SSSR count). The summed E-state index contributed by atoms with van der Waals surface area (Å²) in [6.07, 6.45) is 9.70. The second kappa shape index (κ2) is 17.5. The molecule has 1 heterocycles. The van der Waals surface area contributed by atoms with Gasteiger partial charge < -0.3 is 14.0 Å². The van der Waals surface area contributed by atoms with Crippen molar-refractivity contribution < 1.29 is 9.47 Å². The van der Waals surface area contributed by atoms with Gasteiger partial charge in [-0.1, -0.05) is 96.6 Å². The van der Waals surface area contributed by atoms with E-state index in [1.165, 1.54) is 66.0 Å². The molecule has 0 N–H and O–H groups in total. The number of hydrogen-bond acceptors (Lipinski definition) is 3. The van der Waals surface area contributed by atoms with Crippen molar-refractivity contribution in [2.75, 3.05) is 13.2 Å². The highest BCUT2D eigenvalue weighted by Gasteiger charge is 2.16. The van der Waals surface area contributed by atoms with Gasteiger partial charge in [0.1, 0.15) is 11.5 Å². The van der Waals surface area contributed by atoms with Crippen LogP contribution in [0.15, 0.2) is 103 Å². The first-order valence-electron chi connectivity index (χ1n) is 19.5. The van der Waals surface area contributed by atoms with E-state index in [4.69, 9.17) is 9.47 Å². The molecule has 268 valence electrons. The van der Waals surface area contributed by atoms with Crippen molar-refractivity contribution in [2.45, 2.75) is 86.0 Å². The molecule has 0 amide bonds. The van der Waals surface area contributed by atoms with E-state index in [1.807, 2.05) is 24.3 Å². The van der Waals surface area contributed by atoms with E-state index in [0.717, 1.165) is 65.4 Å². The minimum atomic E-state index is 0.597. The number of aromatic nitrogens is 1. The number of nitriles is 1. The average Bonchev–Trinajstić information content (AvgIpc) is 3.51. The van der Waals surface area contributed by atoms with Gasteiger partial charge in [-0.15, -0.1) is 0 Å². The predicted octanol–water partition coefficient (Wildman–Crippen LogP) is 13.5. The molecule has 2 unspecified atom stereocenters. The summed E-state index contributed by atoms with van der Waals surface area (Å²) in [5.41, 5.74) is 9.78. The van der Waals surface area contributed by atoms with E-state index < -0.39 is 0 Å².